The van der Waals surface area contributed by atoms with Crippen LogP contribution in [0.4, 0.5) is 0 Å². The van der Waals surface area contributed by atoms with E-state index in [9.17, 15) is 4.79 Å². The molecule has 0 unspecified atom stereocenters. The third-order valence-electron chi connectivity index (χ3n) is 4.03. The van der Waals surface area contributed by atoms with Gasteiger partial charge in [-0.25, -0.2) is 0 Å². The molecule has 3 fully saturated rings. The first-order valence-corrected chi connectivity index (χ1v) is 5.03. The van der Waals surface area contributed by atoms with Crippen molar-refractivity contribution < 1.29 is 9.90 Å². The molecular weight excluding hydrogens is 164 g/mol. The van der Waals surface area contributed by atoms with E-state index in [1.807, 2.05) is 0 Å². The minimum atomic E-state index is -0.570. The zero-order valence-corrected chi connectivity index (χ0v) is 7.95. The molecule has 0 bridgehead atoms. The van der Waals surface area contributed by atoms with Crippen molar-refractivity contribution in [2.45, 2.75) is 20.3 Å². The minimum Gasteiger partial charge on any atom is -0.481 e. The molecule has 1 N–H and O–H groups in total. The first-order valence-electron chi connectivity index (χ1n) is 5.03. The van der Waals surface area contributed by atoms with Gasteiger partial charge in [-0.05, 0) is 43.9 Å². The molecule has 0 radical (unpaired) electrons. The molecule has 5 atom stereocenters. The molecule has 0 spiro atoms. The Balaban J connectivity index is 1.95. The van der Waals surface area contributed by atoms with E-state index in [4.69, 9.17) is 5.11 Å². The summed E-state index contributed by atoms with van der Waals surface area (Å²) >= 11 is 0. The van der Waals surface area contributed by atoms with Gasteiger partial charge in [0.15, 0.2) is 0 Å². The van der Waals surface area contributed by atoms with Crippen molar-refractivity contribution >= 4 is 5.97 Å². The number of fused-ring (bicyclic) bond motifs is 3. The highest BCUT2D eigenvalue weighted by Crippen LogP contribution is 2.75. The summed E-state index contributed by atoms with van der Waals surface area (Å²) in [5.74, 6) is 1.90. The van der Waals surface area contributed by atoms with Crippen LogP contribution in [0, 0.1) is 29.6 Å². The predicted octanol–water partition coefficient (Wildman–Crippen LogP) is 1.92. The second-order valence-electron chi connectivity index (χ2n) is 4.93. The van der Waals surface area contributed by atoms with Gasteiger partial charge >= 0.3 is 5.97 Å². The molecule has 70 valence electrons. The van der Waals surface area contributed by atoms with E-state index in [-0.39, 0.29) is 5.92 Å². The maximum Gasteiger partial charge on any atom is 0.307 e. The van der Waals surface area contributed by atoms with Crippen molar-refractivity contribution in [3.05, 3.63) is 11.1 Å². The number of allylic oxidation sites excluding steroid dienone is 2. The van der Waals surface area contributed by atoms with Crippen LogP contribution in [-0.2, 0) is 4.79 Å². The van der Waals surface area contributed by atoms with Crippen LogP contribution in [0.3, 0.4) is 0 Å². The topological polar surface area (TPSA) is 37.3 Å². The number of hydrogen-bond acceptors (Lipinski definition) is 1. The maximum atomic E-state index is 10.9. The molecule has 2 nitrogen and oxygen atoms in total. The maximum absolute atomic E-state index is 10.9. The summed E-state index contributed by atoms with van der Waals surface area (Å²) in [5.41, 5.74) is 2.88. The van der Waals surface area contributed by atoms with Crippen LogP contribution < -0.4 is 0 Å². The Morgan fingerprint density at radius 3 is 2.69 bits per heavy atom. The quantitative estimate of drug-likeness (QED) is 0.623. The molecule has 0 heterocycles. The van der Waals surface area contributed by atoms with Gasteiger partial charge in [0.1, 0.15) is 0 Å². The van der Waals surface area contributed by atoms with E-state index < -0.39 is 5.97 Å². The average Bonchev–Trinajstić information content (AvgIpc) is 2.85. The normalized spacial score (nSPS) is 49.7. The Morgan fingerprint density at radius 1 is 1.46 bits per heavy atom. The Bertz CT molecular complexity index is 325. The fourth-order valence-corrected chi connectivity index (χ4v) is 3.54. The van der Waals surface area contributed by atoms with E-state index in [2.05, 4.69) is 13.8 Å². The van der Waals surface area contributed by atoms with Gasteiger partial charge in [0.25, 0.3) is 0 Å². The number of rotatable bonds is 1. The number of carboxylic acid groups (broad SMARTS) is 1. The van der Waals surface area contributed by atoms with Crippen molar-refractivity contribution in [1.29, 1.82) is 0 Å². The van der Waals surface area contributed by atoms with E-state index in [1.54, 1.807) is 0 Å². The number of carboxylic acids is 1. The number of hydrogen-bond donors (Lipinski definition) is 1. The summed E-state index contributed by atoms with van der Waals surface area (Å²) in [5, 5.41) is 8.97. The molecule has 3 aliphatic carbocycles. The summed E-state index contributed by atoms with van der Waals surface area (Å²) in [6.07, 6.45) is 1.27. The van der Waals surface area contributed by atoms with Gasteiger partial charge in [0.05, 0.1) is 5.92 Å². The van der Waals surface area contributed by atoms with Crippen molar-refractivity contribution in [3.63, 3.8) is 0 Å². The Kier molecular flexibility index (Phi) is 1.17. The molecular formula is C11H14O2. The fraction of sp³-hybridized carbons (Fsp3) is 0.727. The second kappa shape index (κ2) is 1.99. The minimum absolute atomic E-state index is 0.0198. The third-order valence-corrected chi connectivity index (χ3v) is 4.03. The second-order valence-corrected chi connectivity index (χ2v) is 4.93. The van der Waals surface area contributed by atoms with E-state index >= 15 is 0 Å². The Labute approximate surface area is 77.6 Å². The Morgan fingerprint density at radius 2 is 2.15 bits per heavy atom. The Hall–Kier alpha value is -0.790. The van der Waals surface area contributed by atoms with Crippen molar-refractivity contribution in [1.82, 2.24) is 0 Å². The first-order chi connectivity index (χ1) is 6.13. The summed E-state index contributed by atoms with van der Waals surface area (Å²) in [4.78, 5) is 10.9. The SMILES string of the molecule is CC(C)=C1[C@H]2[C@H](C(=O)O)[C@@H]2[C@@H]2C[C@H]12. The van der Waals surface area contributed by atoms with E-state index in [1.165, 1.54) is 17.6 Å². The molecule has 3 rings (SSSR count). The van der Waals surface area contributed by atoms with Gasteiger partial charge in [-0.2, -0.15) is 0 Å². The summed E-state index contributed by atoms with van der Waals surface area (Å²) in [6, 6.07) is 0. The molecule has 3 saturated carbocycles. The molecule has 0 aliphatic heterocycles. The molecule has 2 heteroatoms. The van der Waals surface area contributed by atoms with Crippen LogP contribution >= 0.6 is 0 Å². The third kappa shape index (κ3) is 0.767. The van der Waals surface area contributed by atoms with E-state index in [0.717, 1.165) is 11.8 Å². The van der Waals surface area contributed by atoms with Gasteiger partial charge in [-0.1, -0.05) is 11.1 Å². The van der Waals surface area contributed by atoms with Gasteiger partial charge in [-0.15, -0.1) is 0 Å². The summed E-state index contributed by atoms with van der Waals surface area (Å²) < 4.78 is 0. The first kappa shape index (κ1) is 7.60. The monoisotopic (exact) mass is 178 g/mol. The lowest BCUT2D eigenvalue weighted by atomic mass is 10.0. The molecule has 0 aromatic carbocycles. The largest absolute Gasteiger partial charge is 0.481 e. The molecule has 0 aromatic rings. The summed E-state index contributed by atoms with van der Waals surface area (Å²) in [6.45, 7) is 4.26. The summed E-state index contributed by atoms with van der Waals surface area (Å²) in [7, 11) is 0. The molecule has 13 heavy (non-hydrogen) atoms. The lowest BCUT2D eigenvalue weighted by Crippen LogP contribution is -2.05. The highest BCUT2D eigenvalue weighted by molar-refractivity contribution is 5.77. The van der Waals surface area contributed by atoms with Gasteiger partial charge in [-0.3, -0.25) is 4.79 Å². The molecule has 3 aliphatic rings. The van der Waals surface area contributed by atoms with Crippen molar-refractivity contribution in [2.24, 2.45) is 29.6 Å². The van der Waals surface area contributed by atoms with Crippen LogP contribution in [0.25, 0.3) is 0 Å². The highest BCUT2D eigenvalue weighted by atomic mass is 16.4. The van der Waals surface area contributed by atoms with Crippen LogP contribution in [-0.4, -0.2) is 11.1 Å². The number of aliphatic carboxylic acids is 1. The van der Waals surface area contributed by atoms with Crippen LogP contribution in [0.15, 0.2) is 11.1 Å². The predicted molar refractivity (Wildman–Crippen MR) is 48.1 cm³/mol. The lowest BCUT2D eigenvalue weighted by Gasteiger charge is -2.05. The van der Waals surface area contributed by atoms with Crippen LogP contribution in [0.2, 0.25) is 0 Å². The fourth-order valence-electron chi connectivity index (χ4n) is 3.54. The number of carbonyl (C=O) groups is 1. The highest BCUT2D eigenvalue weighted by Gasteiger charge is 2.73. The van der Waals surface area contributed by atoms with Gasteiger partial charge in [0.2, 0.25) is 0 Å². The van der Waals surface area contributed by atoms with Gasteiger partial charge < -0.3 is 5.11 Å². The molecule has 0 saturated heterocycles. The molecule has 0 aromatic heterocycles. The smallest absolute Gasteiger partial charge is 0.307 e. The van der Waals surface area contributed by atoms with Crippen LogP contribution in [0.5, 0.6) is 0 Å². The van der Waals surface area contributed by atoms with Gasteiger partial charge in [0, 0.05) is 0 Å². The van der Waals surface area contributed by atoms with E-state index in [0.29, 0.717) is 11.8 Å². The van der Waals surface area contributed by atoms with Crippen molar-refractivity contribution in [3.8, 4) is 0 Å². The van der Waals surface area contributed by atoms with Crippen molar-refractivity contribution in [2.75, 3.05) is 0 Å². The zero-order chi connectivity index (χ0) is 9.33. The zero-order valence-electron chi connectivity index (χ0n) is 7.95. The average molecular weight is 178 g/mol. The van der Waals surface area contributed by atoms with Crippen LogP contribution in [0.1, 0.15) is 20.3 Å². The standard InChI is InChI=1S/C11H14O2/c1-4(2)7-5-3-6(5)8-9(7)10(8)11(12)13/h5-6,8-10H,3H2,1-2H3,(H,12,13)/t5-,6+,8+,9+,10+/m0/s1. The molecule has 0 amide bonds. The lowest BCUT2D eigenvalue weighted by molar-refractivity contribution is -0.139.